The second kappa shape index (κ2) is 8.06. The monoisotopic (exact) mass is 379 g/mol. The maximum atomic E-state index is 12.7. The molecule has 28 heavy (non-hydrogen) atoms. The summed E-state index contributed by atoms with van der Waals surface area (Å²) < 4.78 is 0. The van der Waals surface area contributed by atoms with Crippen molar-refractivity contribution in [3.63, 3.8) is 0 Å². The molecule has 0 saturated carbocycles. The first-order chi connectivity index (χ1) is 13.6. The molecule has 2 saturated heterocycles. The number of nitrogens with one attached hydrogen (secondary N) is 1. The molecule has 2 aromatic rings. The van der Waals surface area contributed by atoms with E-state index in [-0.39, 0.29) is 23.9 Å². The van der Waals surface area contributed by atoms with Crippen LogP contribution < -0.4 is 5.32 Å². The predicted molar refractivity (Wildman–Crippen MR) is 106 cm³/mol. The number of likely N-dealkylation sites (N-methyl/N-ethyl adjacent to an activating group) is 1. The van der Waals surface area contributed by atoms with Gasteiger partial charge in [0.1, 0.15) is 0 Å². The number of rotatable bonds is 4. The van der Waals surface area contributed by atoms with E-state index in [1.54, 1.807) is 11.0 Å². The van der Waals surface area contributed by atoms with Crippen molar-refractivity contribution in [1.82, 2.24) is 25.3 Å². The molecule has 1 aromatic heterocycles. The Bertz CT molecular complexity index is 849. The van der Waals surface area contributed by atoms with Crippen molar-refractivity contribution in [3.05, 3.63) is 48.2 Å². The molecule has 1 atom stereocenters. The third-order valence-corrected chi connectivity index (χ3v) is 5.69. The van der Waals surface area contributed by atoms with E-state index in [9.17, 15) is 9.59 Å². The fourth-order valence-corrected chi connectivity index (χ4v) is 4.01. The number of aromatic nitrogens is 2. The Labute approximate surface area is 164 Å². The first kappa shape index (κ1) is 18.6. The Hall–Kier alpha value is -2.80. The molecule has 3 heterocycles. The highest BCUT2D eigenvalue weighted by molar-refractivity contribution is 5.95. The minimum Gasteiger partial charge on any atom is -0.349 e. The van der Waals surface area contributed by atoms with E-state index in [0.29, 0.717) is 11.3 Å². The molecule has 0 spiro atoms. The van der Waals surface area contributed by atoms with Gasteiger partial charge in [-0.05, 0) is 25.3 Å². The number of benzene rings is 1. The Balaban J connectivity index is 1.34. The molecule has 2 fully saturated rings. The number of amides is 2. The second-order valence-electron chi connectivity index (χ2n) is 7.54. The normalized spacial score (nSPS) is 21.1. The third-order valence-electron chi connectivity index (χ3n) is 5.69. The Morgan fingerprint density at radius 1 is 1.11 bits per heavy atom. The van der Waals surface area contributed by atoms with Crippen LogP contribution in [-0.2, 0) is 4.79 Å². The van der Waals surface area contributed by atoms with Crippen LogP contribution in [0.2, 0.25) is 0 Å². The molecule has 1 aromatic carbocycles. The Morgan fingerprint density at radius 2 is 1.86 bits per heavy atom. The molecule has 2 aliphatic heterocycles. The average Bonchev–Trinajstić information content (AvgIpc) is 3.08. The van der Waals surface area contributed by atoms with E-state index >= 15 is 0 Å². The molecular formula is C21H25N5O2. The molecule has 7 heteroatoms. The maximum Gasteiger partial charge on any atom is 0.253 e. The molecule has 0 aliphatic carbocycles. The fraction of sp³-hybridized carbons (Fsp3) is 0.429. The van der Waals surface area contributed by atoms with Gasteiger partial charge in [0.25, 0.3) is 5.91 Å². The quantitative estimate of drug-likeness (QED) is 0.872. The van der Waals surface area contributed by atoms with Gasteiger partial charge in [-0.2, -0.15) is 10.2 Å². The van der Waals surface area contributed by atoms with Gasteiger partial charge in [0, 0.05) is 38.3 Å². The van der Waals surface area contributed by atoms with Gasteiger partial charge in [-0.1, -0.05) is 30.3 Å². The summed E-state index contributed by atoms with van der Waals surface area (Å²) in [7, 11) is 1.86. The standard InChI is InChI=1S/C21H25N5O2/c1-25-10-9-19(21(25)28)26-11-7-17(8-12-26)23-20(27)16-13-18(24-22-14-16)15-5-3-2-4-6-15/h2-6,13-14,17,19H,7-12H2,1H3,(H,23,27). The Kier molecular flexibility index (Phi) is 5.34. The summed E-state index contributed by atoms with van der Waals surface area (Å²) in [5.41, 5.74) is 2.14. The number of piperidine rings is 1. The SMILES string of the molecule is CN1CCC(N2CCC(NC(=O)c3cnnc(-c4ccccc4)c3)CC2)C1=O. The molecule has 1 N–H and O–H groups in total. The smallest absolute Gasteiger partial charge is 0.253 e. The van der Waals surface area contributed by atoms with Crippen LogP contribution in [0.1, 0.15) is 29.6 Å². The first-order valence-electron chi connectivity index (χ1n) is 9.80. The minimum atomic E-state index is -0.123. The number of carbonyl (C=O) groups is 2. The highest BCUT2D eigenvalue weighted by Crippen LogP contribution is 2.21. The van der Waals surface area contributed by atoms with Crippen LogP contribution in [0.25, 0.3) is 11.3 Å². The van der Waals surface area contributed by atoms with E-state index < -0.39 is 0 Å². The summed E-state index contributed by atoms with van der Waals surface area (Å²) in [6, 6.07) is 11.6. The van der Waals surface area contributed by atoms with Gasteiger partial charge in [-0.3, -0.25) is 14.5 Å². The van der Waals surface area contributed by atoms with E-state index in [1.165, 1.54) is 6.20 Å². The summed E-state index contributed by atoms with van der Waals surface area (Å²) in [5.74, 6) is 0.0981. The van der Waals surface area contributed by atoms with Crippen molar-refractivity contribution in [2.45, 2.75) is 31.3 Å². The Morgan fingerprint density at radius 3 is 2.54 bits per heavy atom. The van der Waals surface area contributed by atoms with Gasteiger partial charge in [0.2, 0.25) is 5.91 Å². The predicted octanol–water partition coefficient (Wildman–Crippen LogP) is 1.57. The zero-order valence-electron chi connectivity index (χ0n) is 16.0. The molecule has 146 valence electrons. The van der Waals surface area contributed by atoms with Crippen molar-refractivity contribution in [3.8, 4) is 11.3 Å². The van der Waals surface area contributed by atoms with Gasteiger partial charge < -0.3 is 10.2 Å². The van der Waals surface area contributed by atoms with E-state index in [0.717, 1.165) is 44.5 Å². The van der Waals surface area contributed by atoms with Crippen LogP contribution in [0.5, 0.6) is 0 Å². The van der Waals surface area contributed by atoms with Crippen LogP contribution in [0.3, 0.4) is 0 Å². The van der Waals surface area contributed by atoms with E-state index in [1.807, 2.05) is 37.4 Å². The molecule has 2 amide bonds. The van der Waals surface area contributed by atoms with Gasteiger partial charge in [-0.25, -0.2) is 0 Å². The number of carbonyl (C=O) groups excluding carboxylic acids is 2. The lowest BCUT2D eigenvalue weighted by Gasteiger charge is -2.35. The van der Waals surface area contributed by atoms with E-state index in [2.05, 4.69) is 20.4 Å². The van der Waals surface area contributed by atoms with E-state index in [4.69, 9.17) is 0 Å². The zero-order chi connectivity index (χ0) is 19.5. The number of hydrogen-bond acceptors (Lipinski definition) is 5. The lowest BCUT2D eigenvalue weighted by atomic mass is 10.0. The lowest BCUT2D eigenvalue weighted by Crippen LogP contribution is -2.50. The third kappa shape index (κ3) is 3.89. The fourth-order valence-electron chi connectivity index (χ4n) is 4.01. The van der Waals surface area contributed by atoms with Gasteiger partial charge >= 0.3 is 0 Å². The second-order valence-corrected chi connectivity index (χ2v) is 7.54. The molecule has 0 bridgehead atoms. The van der Waals surface area contributed by atoms with Crippen LogP contribution >= 0.6 is 0 Å². The van der Waals surface area contributed by atoms with Crippen molar-refractivity contribution < 1.29 is 9.59 Å². The largest absolute Gasteiger partial charge is 0.349 e. The highest BCUT2D eigenvalue weighted by atomic mass is 16.2. The molecule has 1 unspecified atom stereocenters. The summed E-state index contributed by atoms with van der Waals surface area (Å²) in [6.07, 6.45) is 4.10. The van der Waals surface area contributed by atoms with Crippen LogP contribution in [0.4, 0.5) is 0 Å². The van der Waals surface area contributed by atoms with Gasteiger partial charge in [0.05, 0.1) is 23.5 Å². The van der Waals surface area contributed by atoms with Crippen LogP contribution in [-0.4, -0.2) is 70.6 Å². The maximum absolute atomic E-state index is 12.7. The summed E-state index contributed by atoms with van der Waals surface area (Å²) >= 11 is 0. The minimum absolute atomic E-state index is 0.0134. The number of hydrogen-bond donors (Lipinski definition) is 1. The lowest BCUT2D eigenvalue weighted by molar-refractivity contribution is -0.131. The molecule has 0 radical (unpaired) electrons. The van der Waals surface area contributed by atoms with Crippen LogP contribution in [0, 0.1) is 0 Å². The molecule has 4 rings (SSSR count). The number of nitrogens with zero attached hydrogens (tertiary/aromatic N) is 4. The summed E-state index contributed by atoms with van der Waals surface area (Å²) in [5, 5.41) is 11.2. The topological polar surface area (TPSA) is 78.4 Å². The van der Waals surface area contributed by atoms with Crippen molar-refractivity contribution in [2.24, 2.45) is 0 Å². The summed E-state index contributed by atoms with van der Waals surface area (Å²) in [6.45, 7) is 2.50. The average molecular weight is 379 g/mol. The van der Waals surface area contributed by atoms with Gasteiger partial charge in [0.15, 0.2) is 0 Å². The highest BCUT2D eigenvalue weighted by Gasteiger charge is 2.35. The molecule has 2 aliphatic rings. The molecular weight excluding hydrogens is 354 g/mol. The molecule has 7 nitrogen and oxygen atoms in total. The van der Waals surface area contributed by atoms with Crippen molar-refractivity contribution in [1.29, 1.82) is 0 Å². The van der Waals surface area contributed by atoms with Crippen molar-refractivity contribution >= 4 is 11.8 Å². The van der Waals surface area contributed by atoms with Gasteiger partial charge in [-0.15, -0.1) is 0 Å². The summed E-state index contributed by atoms with van der Waals surface area (Å²) in [4.78, 5) is 28.9. The van der Waals surface area contributed by atoms with Crippen LogP contribution in [0.15, 0.2) is 42.6 Å². The number of likely N-dealkylation sites (tertiary alicyclic amines) is 2. The zero-order valence-corrected chi connectivity index (χ0v) is 16.0. The first-order valence-corrected chi connectivity index (χ1v) is 9.80. The van der Waals surface area contributed by atoms with Crippen molar-refractivity contribution in [2.75, 3.05) is 26.7 Å².